The van der Waals surface area contributed by atoms with Crippen LogP contribution in [0.25, 0.3) is 6.08 Å². The number of amides is 2. The Morgan fingerprint density at radius 2 is 1.61 bits per heavy atom. The van der Waals surface area contributed by atoms with Crippen molar-refractivity contribution in [1.82, 2.24) is 4.90 Å². The number of halogens is 1. The summed E-state index contributed by atoms with van der Waals surface area (Å²) in [4.78, 5) is 26.9. The van der Waals surface area contributed by atoms with Gasteiger partial charge in [-0.3, -0.25) is 14.5 Å². The van der Waals surface area contributed by atoms with Crippen molar-refractivity contribution in [3.63, 3.8) is 0 Å². The lowest BCUT2D eigenvalue weighted by Gasteiger charge is -2.15. The molecule has 3 aromatic rings. The van der Waals surface area contributed by atoms with E-state index >= 15 is 0 Å². The average Bonchev–Trinajstić information content (AvgIpc) is 3.07. The summed E-state index contributed by atoms with van der Waals surface area (Å²) in [5, 5.41) is 0.0701. The van der Waals surface area contributed by atoms with Crippen molar-refractivity contribution in [3.05, 3.63) is 99.4 Å². The molecule has 1 saturated heterocycles. The maximum absolute atomic E-state index is 12.9. The highest BCUT2D eigenvalue weighted by molar-refractivity contribution is 8.18. The third-order valence-corrected chi connectivity index (χ3v) is 6.10. The van der Waals surface area contributed by atoms with Crippen molar-refractivity contribution >= 4 is 40.6 Å². The Labute approximate surface area is 202 Å². The lowest BCUT2D eigenvalue weighted by atomic mass is 10.1. The van der Waals surface area contributed by atoms with E-state index in [1.807, 2.05) is 67.6 Å². The Balaban J connectivity index is 1.56. The molecule has 0 N–H and O–H groups in total. The van der Waals surface area contributed by atoms with Crippen molar-refractivity contribution in [2.24, 2.45) is 0 Å². The second-order valence-electron chi connectivity index (χ2n) is 7.29. The summed E-state index contributed by atoms with van der Waals surface area (Å²) < 4.78 is 11.7. The smallest absolute Gasteiger partial charge is 0.293 e. The highest BCUT2D eigenvalue weighted by atomic mass is 35.5. The molecule has 0 unspecified atom stereocenters. The first-order valence-electron chi connectivity index (χ1n) is 10.5. The number of carbonyl (C=O) groups is 2. The van der Waals surface area contributed by atoms with E-state index in [2.05, 4.69) is 0 Å². The van der Waals surface area contributed by atoms with Gasteiger partial charge < -0.3 is 9.47 Å². The molecule has 0 atom stereocenters. The third kappa shape index (κ3) is 5.59. The molecule has 4 rings (SSSR count). The van der Waals surface area contributed by atoms with Gasteiger partial charge >= 0.3 is 0 Å². The predicted molar refractivity (Wildman–Crippen MR) is 131 cm³/mol. The number of benzene rings is 3. The fourth-order valence-electron chi connectivity index (χ4n) is 3.36. The first-order valence-corrected chi connectivity index (χ1v) is 11.7. The van der Waals surface area contributed by atoms with E-state index < -0.39 is 0 Å². The van der Waals surface area contributed by atoms with Crippen molar-refractivity contribution < 1.29 is 19.1 Å². The van der Waals surface area contributed by atoms with Gasteiger partial charge in [-0.2, -0.15) is 0 Å². The molecule has 7 heteroatoms. The molecule has 168 valence electrons. The molecule has 0 saturated carbocycles. The Hall–Kier alpha value is -3.22. The summed E-state index contributed by atoms with van der Waals surface area (Å²) in [5.74, 6) is 0.597. The zero-order chi connectivity index (χ0) is 23.2. The fourth-order valence-corrected chi connectivity index (χ4v) is 4.47. The molecule has 0 spiro atoms. The third-order valence-electron chi connectivity index (χ3n) is 4.91. The molecule has 2 amide bonds. The predicted octanol–water partition coefficient (Wildman–Crippen LogP) is 6.55. The van der Waals surface area contributed by atoms with E-state index in [1.165, 1.54) is 4.90 Å². The summed E-state index contributed by atoms with van der Waals surface area (Å²) in [6.07, 6.45) is 1.66. The SMILES string of the molecule is CCOc1cc(/C=C2\SC(=O)N(Cc3ccccc3)C2=O)cc(Cl)c1OCc1ccccc1. The van der Waals surface area contributed by atoms with Crippen LogP contribution >= 0.6 is 23.4 Å². The molecule has 33 heavy (non-hydrogen) atoms. The largest absolute Gasteiger partial charge is 0.490 e. The first kappa shape index (κ1) is 23.0. The Kier molecular flexibility index (Phi) is 7.37. The number of rotatable bonds is 8. The van der Waals surface area contributed by atoms with E-state index in [0.717, 1.165) is 22.9 Å². The van der Waals surface area contributed by atoms with Gasteiger partial charge in [-0.1, -0.05) is 72.3 Å². The average molecular weight is 480 g/mol. The van der Waals surface area contributed by atoms with Crippen molar-refractivity contribution in [2.75, 3.05) is 6.61 Å². The highest BCUT2D eigenvalue weighted by Crippen LogP contribution is 2.39. The van der Waals surface area contributed by atoms with Gasteiger partial charge in [-0.15, -0.1) is 0 Å². The lowest BCUT2D eigenvalue weighted by Crippen LogP contribution is -2.27. The molecule has 0 bridgehead atoms. The molecule has 1 heterocycles. The van der Waals surface area contributed by atoms with Gasteiger partial charge in [-0.25, -0.2) is 0 Å². The Morgan fingerprint density at radius 3 is 2.27 bits per heavy atom. The van der Waals surface area contributed by atoms with E-state index in [0.29, 0.717) is 40.2 Å². The number of imide groups is 1. The van der Waals surface area contributed by atoms with Gasteiger partial charge in [0.2, 0.25) is 0 Å². The van der Waals surface area contributed by atoms with Gasteiger partial charge in [0.1, 0.15) is 6.61 Å². The Morgan fingerprint density at radius 1 is 0.939 bits per heavy atom. The molecular weight excluding hydrogens is 458 g/mol. The molecule has 3 aromatic carbocycles. The fraction of sp³-hybridized carbons (Fsp3) is 0.154. The summed E-state index contributed by atoms with van der Waals surface area (Å²) >= 11 is 7.44. The summed E-state index contributed by atoms with van der Waals surface area (Å²) in [6, 6.07) is 22.6. The van der Waals surface area contributed by atoms with Crippen LogP contribution in [0.1, 0.15) is 23.6 Å². The van der Waals surface area contributed by atoms with Gasteiger partial charge in [0.05, 0.1) is 23.1 Å². The van der Waals surface area contributed by atoms with Crippen LogP contribution in [-0.4, -0.2) is 22.7 Å². The van der Waals surface area contributed by atoms with Gasteiger partial charge in [0, 0.05) is 0 Å². The number of ether oxygens (including phenoxy) is 2. The van der Waals surface area contributed by atoms with E-state index in [4.69, 9.17) is 21.1 Å². The van der Waals surface area contributed by atoms with Crippen LogP contribution in [0.2, 0.25) is 5.02 Å². The van der Waals surface area contributed by atoms with Crippen molar-refractivity contribution in [2.45, 2.75) is 20.1 Å². The first-order chi connectivity index (χ1) is 16.0. The normalized spacial score (nSPS) is 14.7. The van der Waals surface area contributed by atoms with Gasteiger partial charge in [-0.05, 0) is 53.6 Å². The van der Waals surface area contributed by atoms with Gasteiger partial charge in [0.25, 0.3) is 11.1 Å². The molecule has 1 aliphatic heterocycles. The van der Waals surface area contributed by atoms with E-state index in [1.54, 1.807) is 18.2 Å². The van der Waals surface area contributed by atoms with Crippen molar-refractivity contribution in [1.29, 1.82) is 0 Å². The minimum atomic E-state index is -0.327. The summed E-state index contributed by atoms with van der Waals surface area (Å²) in [5.41, 5.74) is 2.55. The zero-order valence-corrected chi connectivity index (χ0v) is 19.6. The summed E-state index contributed by atoms with van der Waals surface area (Å²) in [6.45, 7) is 2.88. The minimum absolute atomic E-state index is 0.236. The number of carbonyl (C=O) groups excluding carboxylic acids is 2. The highest BCUT2D eigenvalue weighted by Gasteiger charge is 2.35. The summed E-state index contributed by atoms with van der Waals surface area (Å²) in [7, 11) is 0. The number of hydrogen-bond acceptors (Lipinski definition) is 5. The lowest BCUT2D eigenvalue weighted by molar-refractivity contribution is -0.123. The second kappa shape index (κ2) is 10.6. The van der Waals surface area contributed by atoms with Crippen LogP contribution in [0, 0.1) is 0 Å². The van der Waals surface area contributed by atoms with Crippen LogP contribution < -0.4 is 9.47 Å². The molecular formula is C26H22ClNO4S. The van der Waals surface area contributed by atoms with Crippen LogP contribution in [0.4, 0.5) is 4.79 Å². The monoisotopic (exact) mass is 479 g/mol. The topological polar surface area (TPSA) is 55.8 Å². The number of thioether (sulfide) groups is 1. The maximum Gasteiger partial charge on any atom is 0.293 e. The molecule has 0 aromatic heterocycles. The zero-order valence-electron chi connectivity index (χ0n) is 18.0. The number of nitrogens with zero attached hydrogens (tertiary/aromatic N) is 1. The van der Waals surface area contributed by atoms with Crippen LogP contribution in [0.15, 0.2) is 77.7 Å². The van der Waals surface area contributed by atoms with Gasteiger partial charge in [0.15, 0.2) is 11.5 Å². The van der Waals surface area contributed by atoms with E-state index in [-0.39, 0.29) is 17.7 Å². The Bertz CT molecular complexity index is 1180. The van der Waals surface area contributed by atoms with Crippen LogP contribution in [-0.2, 0) is 17.9 Å². The molecule has 5 nitrogen and oxygen atoms in total. The molecule has 1 fully saturated rings. The van der Waals surface area contributed by atoms with Crippen LogP contribution in [0.3, 0.4) is 0 Å². The second-order valence-corrected chi connectivity index (χ2v) is 8.69. The number of hydrogen-bond donors (Lipinski definition) is 0. The van der Waals surface area contributed by atoms with E-state index in [9.17, 15) is 9.59 Å². The van der Waals surface area contributed by atoms with Crippen molar-refractivity contribution in [3.8, 4) is 11.5 Å². The van der Waals surface area contributed by atoms with Crippen LogP contribution in [0.5, 0.6) is 11.5 Å². The maximum atomic E-state index is 12.9. The standard InChI is InChI=1S/C26H22ClNO4S/c1-2-31-22-14-20(13-21(27)24(22)32-17-19-11-7-4-8-12-19)15-23-25(29)28(26(30)33-23)16-18-9-5-3-6-10-18/h3-15H,2,16-17H2,1H3/b23-15-. The molecule has 1 aliphatic rings. The molecule has 0 aliphatic carbocycles. The molecule has 0 radical (unpaired) electrons. The quantitative estimate of drug-likeness (QED) is 0.343. The minimum Gasteiger partial charge on any atom is -0.490 e.